The molecule has 1 aliphatic heterocycles. The van der Waals surface area contributed by atoms with Crippen molar-refractivity contribution in [2.24, 2.45) is 0 Å². The lowest BCUT2D eigenvalue weighted by Gasteiger charge is -2.30. The van der Waals surface area contributed by atoms with E-state index in [0.29, 0.717) is 32.0 Å². The largest absolute Gasteiger partial charge is 0.351 e. The second kappa shape index (κ2) is 8.63. The summed E-state index contributed by atoms with van der Waals surface area (Å²) in [5.74, 6) is -0.114. The molecule has 0 fully saturated rings. The van der Waals surface area contributed by atoms with Crippen LogP contribution in [0.25, 0.3) is 0 Å². The van der Waals surface area contributed by atoms with E-state index in [1.807, 2.05) is 18.7 Å². The Morgan fingerprint density at radius 2 is 1.96 bits per heavy atom. The Morgan fingerprint density at radius 1 is 1.22 bits per heavy atom. The van der Waals surface area contributed by atoms with Crippen molar-refractivity contribution in [3.63, 3.8) is 0 Å². The molecule has 1 aliphatic rings. The highest BCUT2D eigenvalue weighted by atomic mass is 16.7. The Hall–Kier alpha value is -2.25. The molecule has 27 heavy (non-hydrogen) atoms. The standard InChI is InChI=1S/C20H28N4O3/c1-5-26-19(27-6-2)13-23-12-17(21-22-23)20(25)24-9-7-8-16-15(4)10-14(3)11-18(16)24/h10-12,19H,5-9,13H2,1-4H3. The first-order valence-corrected chi connectivity index (χ1v) is 9.58. The van der Waals surface area contributed by atoms with Crippen molar-refractivity contribution in [1.82, 2.24) is 15.0 Å². The summed E-state index contributed by atoms with van der Waals surface area (Å²) >= 11 is 0. The number of carbonyl (C=O) groups is 1. The Kier molecular flexibility index (Phi) is 6.23. The van der Waals surface area contributed by atoms with Crippen LogP contribution in [0.3, 0.4) is 0 Å². The molecule has 2 heterocycles. The number of amides is 1. The fraction of sp³-hybridized carbons (Fsp3) is 0.550. The van der Waals surface area contributed by atoms with Crippen LogP contribution >= 0.6 is 0 Å². The number of fused-ring (bicyclic) bond motifs is 1. The molecular weight excluding hydrogens is 344 g/mol. The van der Waals surface area contributed by atoms with E-state index in [9.17, 15) is 4.79 Å². The van der Waals surface area contributed by atoms with Gasteiger partial charge in [0, 0.05) is 25.4 Å². The second-order valence-electron chi connectivity index (χ2n) is 6.81. The first-order chi connectivity index (χ1) is 13.0. The first-order valence-electron chi connectivity index (χ1n) is 9.58. The molecule has 146 valence electrons. The van der Waals surface area contributed by atoms with Gasteiger partial charge in [-0.15, -0.1) is 5.10 Å². The van der Waals surface area contributed by atoms with Crippen LogP contribution in [-0.2, 0) is 22.4 Å². The molecule has 0 spiro atoms. The van der Waals surface area contributed by atoms with Gasteiger partial charge in [0.05, 0.1) is 12.7 Å². The Labute approximate surface area is 160 Å². The average Bonchev–Trinajstić information content (AvgIpc) is 3.09. The van der Waals surface area contributed by atoms with Gasteiger partial charge in [0.15, 0.2) is 12.0 Å². The summed E-state index contributed by atoms with van der Waals surface area (Å²) in [7, 11) is 0. The molecule has 0 saturated heterocycles. The first kappa shape index (κ1) is 19.5. The number of benzene rings is 1. The van der Waals surface area contributed by atoms with Crippen molar-refractivity contribution in [3.8, 4) is 0 Å². The molecule has 7 heteroatoms. The minimum Gasteiger partial charge on any atom is -0.351 e. The lowest BCUT2D eigenvalue weighted by molar-refractivity contribution is -0.145. The van der Waals surface area contributed by atoms with E-state index in [4.69, 9.17) is 9.47 Å². The summed E-state index contributed by atoms with van der Waals surface area (Å²) in [6, 6.07) is 4.26. The van der Waals surface area contributed by atoms with Crippen molar-refractivity contribution in [2.45, 2.75) is 53.4 Å². The van der Waals surface area contributed by atoms with Crippen LogP contribution in [0.2, 0.25) is 0 Å². The molecule has 0 N–H and O–H groups in total. The summed E-state index contributed by atoms with van der Waals surface area (Å²) in [6.07, 6.45) is 3.23. The summed E-state index contributed by atoms with van der Waals surface area (Å²) in [4.78, 5) is 14.9. The molecular formula is C20H28N4O3. The van der Waals surface area contributed by atoms with Gasteiger partial charge in [-0.1, -0.05) is 11.3 Å². The van der Waals surface area contributed by atoms with Crippen molar-refractivity contribution in [1.29, 1.82) is 0 Å². The van der Waals surface area contributed by atoms with E-state index in [1.165, 1.54) is 11.1 Å². The van der Waals surface area contributed by atoms with Crippen LogP contribution in [0.5, 0.6) is 0 Å². The average molecular weight is 372 g/mol. The lowest BCUT2D eigenvalue weighted by Crippen LogP contribution is -2.36. The highest BCUT2D eigenvalue weighted by molar-refractivity contribution is 6.05. The van der Waals surface area contributed by atoms with Gasteiger partial charge in [0.2, 0.25) is 0 Å². The normalized spacial score (nSPS) is 13.9. The smallest absolute Gasteiger partial charge is 0.280 e. The zero-order valence-corrected chi connectivity index (χ0v) is 16.6. The van der Waals surface area contributed by atoms with Gasteiger partial charge in [-0.25, -0.2) is 4.68 Å². The van der Waals surface area contributed by atoms with Gasteiger partial charge >= 0.3 is 0 Å². The van der Waals surface area contributed by atoms with E-state index < -0.39 is 6.29 Å². The number of aromatic nitrogens is 3. The minimum absolute atomic E-state index is 0.114. The molecule has 0 bridgehead atoms. The van der Waals surface area contributed by atoms with Crippen LogP contribution in [0.4, 0.5) is 5.69 Å². The molecule has 1 aromatic heterocycles. The Morgan fingerprint density at radius 3 is 2.67 bits per heavy atom. The molecule has 3 rings (SSSR count). The molecule has 0 unspecified atom stereocenters. The van der Waals surface area contributed by atoms with Crippen LogP contribution in [0, 0.1) is 13.8 Å². The lowest BCUT2D eigenvalue weighted by atomic mass is 9.95. The Bertz CT molecular complexity index is 797. The van der Waals surface area contributed by atoms with Crippen molar-refractivity contribution >= 4 is 11.6 Å². The maximum Gasteiger partial charge on any atom is 0.280 e. The van der Waals surface area contributed by atoms with Gasteiger partial charge in [-0.2, -0.15) is 0 Å². The zero-order chi connectivity index (χ0) is 19.4. The van der Waals surface area contributed by atoms with E-state index in [2.05, 4.69) is 36.3 Å². The number of ether oxygens (including phenoxy) is 2. The number of aryl methyl sites for hydroxylation is 2. The highest BCUT2D eigenvalue weighted by Gasteiger charge is 2.27. The van der Waals surface area contributed by atoms with Gasteiger partial charge < -0.3 is 14.4 Å². The molecule has 2 aromatic rings. The van der Waals surface area contributed by atoms with E-state index in [-0.39, 0.29) is 5.91 Å². The van der Waals surface area contributed by atoms with Crippen LogP contribution in [0.15, 0.2) is 18.3 Å². The number of carbonyl (C=O) groups excluding carboxylic acids is 1. The van der Waals surface area contributed by atoms with Crippen molar-refractivity contribution in [3.05, 3.63) is 40.7 Å². The third-order valence-electron chi connectivity index (χ3n) is 4.74. The predicted octanol–water partition coefficient (Wildman–Crippen LogP) is 2.89. The second-order valence-corrected chi connectivity index (χ2v) is 6.81. The fourth-order valence-corrected chi connectivity index (χ4v) is 3.59. The molecule has 0 aliphatic carbocycles. The molecule has 0 atom stereocenters. The van der Waals surface area contributed by atoms with Crippen LogP contribution in [0.1, 0.15) is 47.4 Å². The molecule has 1 aromatic carbocycles. The topological polar surface area (TPSA) is 69.5 Å². The SMILES string of the molecule is CCOC(Cn1cc(C(=O)N2CCCc3c(C)cc(C)cc32)nn1)OCC. The minimum atomic E-state index is -0.398. The molecule has 1 amide bonds. The van der Waals surface area contributed by atoms with Crippen LogP contribution in [-0.4, -0.2) is 46.9 Å². The quantitative estimate of drug-likeness (QED) is 0.699. The summed E-state index contributed by atoms with van der Waals surface area (Å²) in [5.41, 5.74) is 4.99. The Balaban J connectivity index is 1.79. The summed E-state index contributed by atoms with van der Waals surface area (Å²) in [6.45, 7) is 10.2. The van der Waals surface area contributed by atoms with Crippen LogP contribution < -0.4 is 4.90 Å². The highest BCUT2D eigenvalue weighted by Crippen LogP contribution is 2.31. The monoisotopic (exact) mass is 372 g/mol. The van der Waals surface area contributed by atoms with Crippen molar-refractivity contribution in [2.75, 3.05) is 24.7 Å². The number of nitrogens with zero attached hydrogens (tertiary/aromatic N) is 4. The summed E-state index contributed by atoms with van der Waals surface area (Å²) < 4.78 is 12.7. The fourth-order valence-electron chi connectivity index (χ4n) is 3.59. The van der Waals surface area contributed by atoms with Gasteiger partial charge in [-0.3, -0.25) is 4.79 Å². The van der Waals surface area contributed by atoms with Gasteiger partial charge in [-0.05, 0) is 63.3 Å². The van der Waals surface area contributed by atoms with E-state index in [1.54, 1.807) is 10.9 Å². The summed E-state index contributed by atoms with van der Waals surface area (Å²) in [5, 5.41) is 8.18. The van der Waals surface area contributed by atoms with Gasteiger partial charge in [0.25, 0.3) is 5.91 Å². The maximum absolute atomic E-state index is 13.1. The third-order valence-corrected chi connectivity index (χ3v) is 4.74. The number of hydrogen-bond donors (Lipinski definition) is 0. The number of anilines is 1. The third kappa shape index (κ3) is 4.36. The molecule has 0 radical (unpaired) electrons. The molecule has 0 saturated carbocycles. The van der Waals surface area contributed by atoms with Gasteiger partial charge in [0.1, 0.15) is 0 Å². The maximum atomic E-state index is 13.1. The van der Waals surface area contributed by atoms with Crippen molar-refractivity contribution < 1.29 is 14.3 Å². The molecule has 7 nitrogen and oxygen atoms in total. The predicted molar refractivity (Wildman–Crippen MR) is 103 cm³/mol. The number of hydrogen-bond acceptors (Lipinski definition) is 5. The van der Waals surface area contributed by atoms with E-state index >= 15 is 0 Å². The number of rotatable bonds is 7. The van der Waals surface area contributed by atoms with E-state index in [0.717, 1.165) is 24.1 Å². The zero-order valence-electron chi connectivity index (χ0n) is 16.6.